The highest BCUT2D eigenvalue weighted by atomic mass is 19.1. The van der Waals surface area contributed by atoms with Gasteiger partial charge in [0.25, 0.3) is 0 Å². The molecule has 1 fully saturated rings. The molecule has 1 amide bonds. The Labute approximate surface area is 111 Å². The number of aliphatic hydroxyl groups is 1. The van der Waals surface area contributed by atoms with Gasteiger partial charge in [-0.1, -0.05) is 0 Å². The maximum absolute atomic E-state index is 12.8. The smallest absolute Gasteiger partial charge is 0.227 e. The number of nitrogens with one attached hydrogen (secondary N) is 1. The Balaban J connectivity index is 1.89. The van der Waals surface area contributed by atoms with Crippen LogP contribution in [0.1, 0.15) is 25.7 Å². The van der Waals surface area contributed by atoms with Crippen LogP contribution in [0.2, 0.25) is 0 Å². The van der Waals surface area contributed by atoms with Gasteiger partial charge < -0.3 is 16.2 Å². The van der Waals surface area contributed by atoms with Gasteiger partial charge in [-0.25, -0.2) is 4.39 Å². The van der Waals surface area contributed by atoms with Crippen LogP contribution in [-0.4, -0.2) is 23.2 Å². The summed E-state index contributed by atoms with van der Waals surface area (Å²) in [7, 11) is 0. The van der Waals surface area contributed by atoms with E-state index in [1.54, 1.807) is 0 Å². The molecule has 0 aromatic heterocycles. The van der Waals surface area contributed by atoms with Crippen LogP contribution in [0.3, 0.4) is 0 Å². The zero-order valence-corrected chi connectivity index (χ0v) is 10.7. The molecule has 4 nitrogen and oxygen atoms in total. The summed E-state index contributed by atoms with van der Waals surface area (Å²) in [6.07, 6.45) is 2.63. The number of aliphatic hydroxyl groups excluding tert-OH is 1. The highest BCUT2D eigenvalue weighted by molar-refractivity contribution is 5.92. The van der Waals surface area contributed by atoms with E-state index in [0.717, 1.165) is 0 Å². The minimum Gasteiger partial charge on any atom is -0.394 e. The molecule has 0 unspecified atom stereocenters. The van der Waals surface area contributed by atoms with Crippen molar-refractivity contribution in [3.8, 4) is 0 Å². The van der Waals surface area contributed by atoms with Gasteiger partial charge in [-0.3, -0.25) is 4.79 Å². The zero-order valence-electron chi connectivity index (χ0n) is 10.7. The summed E-state index contributed by atoms with van der Waals surface area (Å²) < 4.78 is 12.8. The monoisotopic (exact) mass is 266 g/mol. The summed E-state index contributed by atoms with van der Waals surface area (Å²) in [5.74, 6) is -0.480. The van der Waals surface area contributed by atoms with E-state index in [1.807, 2.05) is 0 Å². The summed E-state index contributed by atoms with van der Waals surface area (Å²) in [4.78, 5) is 12.0. The molecule has 0 atom stereocenters. The van der Waals surface area contributed by atoms with Crippen LogP contribution >= 0.6 is 0 Å². The van der Waals surface area contributed by atoms with E-state index in [2.05, 4.69) is 5.32 Å². The molecule has 19 heavy (non-hydrogen) atoms. The summed E-state index contributed by atoms with van der Waals surface area (Å²) in [6, 6.07) is 5.70. The number of anilines is 1. The quantitative estimate of drug-likeness (QED) is 0.778. The Hall–Kier alpha value is -1.46. The molecule has 0 saturated heterocycles. The number of rotatable bonds is 3. The van der Waals surface area contributed by atoms with E-state index < -0.39 is 5.54 Å². The van der Waals surface area contributed by atoms with Crippen molar-refractivity contribution in [3.63, 3.8) is 0 Å². The number of halogens is 1. The lowest BCUT2D eigenvalue weighted by atomic mass is 9.77. The van der Waals surface area contributed by atoms with Gasteiger partial charge in [-0.15, -0.1) is 0 Å². The molecule has 5 heteroatoms. The predicted molar refractivity (Wildman–Crippen MR) is 71.0 cm³/mol. The van der Waals surface area contributed by atoms with Crippen molar-refractivity contribution in [1.29, 1.82) is 0 Å². The number of hydrogen-bond acceptors (Lipinski definition) is 3. The van der Waals surface area contributed by atoms with Crippen molar-refractivity contribution in [2.24, 2.45) is 11.7 Å². The molecule has 2 rings (SSSR count). The van der Waals surface area contributed by atoms with Crippen LogP contribution in [0.5, 0.6) is 0 Å². The molecule has 0 radical (unpaired) electrons. The molecule has 0 bridgehead atoms. The van der Waals surface area contributed by atoms with Crippen molar-refractivity contribution in [1.82, 2.24) is 0 Å². The molecule has 1 aliphatic rings. The van der Waals surface area contributed by atoms with Crippen LogP contribution in [0.4, 0.5) is 10.1 Å². The van der Waals surface area contributed by atoms with Gasteiger partial charge in [0.1, 0.15) is 5.82 Å². The Morgan fingerprint density at radius 2 is 1.95 bits per heavy atom. The topological polar surface area (TPSA) is 75.3 Å². The first kappa shape index (κ1) is 14.0. The second-order valence-electron chi connectivity index (χ2n) is 5.29. The van der Waals surface area contributed by atoms with Gasteiger partial charge in [0, 0.05) is 17.1 Å². The number of benzene rings is 1. The standard InChI is InChI=1S/C14H19FN2O2/c15-11-1-3-12(4-2-11)17-13(19)10-5-7-14(16,9-18)8-6-10/h1-4,10,18H,5-9,16H2,(H,17,19). The average molecular weight is 266 g/mol. The van der Waals surface area contributed by atoms with E-state index in [0.29, 0.717) is 31.4 Å². The molecule has 0 aliphatic heterocycles. The van der Waals surface area contributed by atoms with Gasteiger partial charge in [-0.05, 0) is 49.9 Å². The van der Waals surface area contributed by atoms with Gasteiger partial charge in [0.2, 0.25) is 5.91 Å². The lowest BCUT2D eigenvalue weighted by Crippen LogP contribution is -2.47. The van der Waals surface area contributed by atoms with Crippen LogP contribution in [-0.2, 0) is 4.79 Å². The maximum Gasteiger partial charge on any atom is 0.227 e. The highest BCUT2D eigenvalue weighted by Crippen LogP contribution is 2.30. The van der Waals surface area contributed by atoms with Crippen LogP contribution in [0.15, 0.2) is 24.3 Å². The summed E-state index contributed by atoms with van der Waals surface area (Å²) in [6.45, 7) is -0.0424. The second-order valence-corrected chi connectivity index (χ2v) is 5.29. The van der Waals surface area contributed by atoms with E-state index in [1.165, 1.54) is 24.3 Å². The Morgan fingerprint density at radius 3 is 2.47 bits per heavy atom. The third-order valence-electron chi connectivity index (χ3n) is 3.78. The SMILES string of the molecule is NC1(CO)CCC(C(=O)Nc2ccc(F)cc2)CC1. The largest absolute Gasteiger partial charge is 0.394 e. The minimum atomic E-state index is -0.535. The number of carbonyl (C=O) groups excluding carboxylic acids is 1. The summed E-state index contributed by atoms with van der Waals surface area (Å²) in [5, 5.41) is 12.0. The molecule has 0 heterocycles. The lowest BCUT2D eigenvalue weighted by molar-refractivity contribution is -0.121. The Bertz CT molecular complexity index is 439. The number of nitrogens with two attached hydrogens (primary N) is 1. The fourth-order valence-corrected chi connectivity index (χ4v) is 2.39. The molecule has 0 spiro atoms. The molecular formula is C14H19FN2O2. The van der Waals surface area contributed by atoms with Crippen molar-refractivity contribution >= 4 is 11.6 Å². The molecule has 1 saturated carbocycles. The second kappa shape index (κ2) is 5.67. The first-order valence-electron chi connectivity index (χ1n) is 6.49. The van der Waals surface area contributed by atoms with E-state index in [4.69, 9.17) is 5.73 Å². The molecule has 1 aromatic rings. The maximum atomic E-state index is 12.8. The summed E-state index contributed by atoms with van der Waals surface area (Å²) >= 11 is 0. The van der Waals surface area contributed by atoms with Crippen molar-refractivity contribution < 1.29 is 14.3 Å². The van der Waals surface area contributed by atoms with E-state index in [9.17, 15) is 14.3 Å². The number of amides is 1. The Morgan fingerprint density at radius 1 is 1.37 bits per heavy atom. The molecule has 4 N–H and O–H groups in total. The van der Waals surface area contributed by atoms with Crippen LogP contribution in [0, 0.1) is 11.7 Å². The molecular weight excluding hydrogens is 247 g/mol. The first-order valence-corrected chi connectivity index (χ1v) is 6.49. The highest BCUT2D eigenvalue weighted by Gasteiger charge is 2.33. The number of carbonyl (C=O) groups is 1. The van der Waals surface area contributed by atoms with E-state index >= 15 is 0 Å². The molecule has 1 aliphatic carbocycles. The zero-order chi connectivity index (χ0) is 13.9. The van der Waals surface area contributed by atoms with Crippen molar-refractivity contribution in [2.75, 3.05) is 11.9 Å². The normalized spacial score (nSPS) is 27.0. The van der Waals surface area contributed by atoms with Crippen LogP contribution in [0.25, 0.3) is 0 Å². The first-order chi connectivity index (χ1) is 9.02. The third-order valence-corrected chi connectivity index (χ3v) is 3.78. The number of hydrogen-bond donors (Lipinski definition) is 3. The Kier molecular flexibility index (Phi) is 4.17. The summed E-state index contributed by atoms with van der Waals surface area (Å²) in [5.41, 5.74) is 6.03. The molecule has 104 valence electrons. The average Bonchev–Trinajstić information content (AvgIpc) is 2.42. The fraction of sp³-hybridized carbons (Fsp3) is 0.500. The lowest BCUT2D eigenvalue weighted by Gasteiger charge is -2.35. The third kappa shape index (κ3) is 3.52. The fourth-order valence-electron chi connectivity index (χ4n) is 2.39. The van der Waals surface area contributed by atoms with Gasteiger partial charge in [0.05, 0.1) is 6.61 Å². The van der Waals surface area contributed by atoms with Gasteiger partial charge in [0.15, 0.2) is 0 Å². The van der Waals surface area contributed by atoms with E-state index in [-0.39, 0.29) is 24.2 Å². The predicted octanol–water partition coefficient (Wildman–Crippen LogP) is 1.64. The molecule has 1 aromatic carbocycles. The van der Waals surface area contributed by atoms with Gasteiger partial charge >= 0.3 is 0 Å². The van der Waals surface area contributed by atoms with Gasteiger partial charge in [-0.2, -0.15) is 0 Å². The van der Waals surface area contributed by atoms with Crippen molar-refractivity contribution in [2.45, 2.75) is 31.2 Å². The minimum absolute atomic E-state index is 0.0424. The van der Waals surface area contributed by atoms with Crippen molar-refractivity contribution in [3.05, 3.63) is 30.1 Å². The van der Waals surface area contributed by atoms with Crippen LogP contribution < -0.4 is 11.1 Å².